The minimum Gasteiger partial charge on any atom is -0.490 e. The molecule has 0 atom stereocenters. The molecule has 1 saturated heterocycles. The Balaban J connectivity index is 1.78. The summed E-state index contributed by atoms with van der Waals surface area (Å²) < 4.78 is 11.0. The van der Waals surface area contributed by atoms with Crippen molar-refractivity contribution in [3.05, 3.63) is 64.1 Å². The molecule has 2 aromatic carbocycles. The number of amides is 2. The third-order valence-corrected chi connectivity index (χ3v) is 5.33. The number of carbonyl (C=O) groups excluding carboxylic acids is 3. The highest BCUT2D eigenvalue weighted by Gasteiger charge is 2.36. The average Bonchev–Trinajstić information content (AvgIpc) is 3.01. The van der Waals surface area contributed by atoms with Crippen LogP contribution in [0.2, 0.25) is 0 Å². The number of Topliss-reactive ketones (excluding diaryl/α,β-unsaturated/α-hetero) is 1. The second kappa shape index (κ2) is 10.0. The maximum Gasteiger partial charge on any atom is 0.293 e. The lowest BCUT2D eigenvalue weighted by atomic mass is 10.1. The van der Waals surface area contributed by atoms with Gasteiger partial charge in [0.25, 0.3) is 11.1 Å². The van der Waals surface area contributed by atoms with E-state index in [0.29, 0.717) is 29.2 Å². The Hall–Kier alpha value is -3.50. The second-order valence-electron chi connectivity index (χ2n) is 6.69. The average molecular weight is 436 g/mol. The molecule has 0 unspecified atom stereocenters. The number of carbonyl (C=O) groups is 3. The summed E-state index contributed by atoms with van der Waals surface area (Å²) in [4.78, 5) is 38.8. The zero-order valence-corrected chi connectivity index (χ0v) is 18.0. The van der Waals surface area contributed by atoms with E-state index in [1.807, 2.05) is 26.0 Å². The fourth-order valence-corrected chi connectivity index (χ4v) is 3.72. The van der Waals surface area contributed by atoms with Crippen molar-refractivity contribution in [2.24, 2.45) is 0 Å². The number of hydrogen-bond donors (Lipinski definition) is 0. The highest BCUT2D eigenvalue weighted by Crippen LogP contribution is 2.34. The van der Waals surface area contributed by atoms with Crippen LogP contribution in [0.5, 0.6) is 11.5 Å². The monoisotopic (exact) mass is 435 g/mol. The molecule has 1 aliphatic heterocycles. The smallest absolute Gasteiger partial charge is 0.293 e. The van der Waals surface area contributed by atoms with Crippen molar-refractivity contribution in [2.75, 3.05) is 19.8 Å². The Morgan fingerprint density at radius 2 is 1.87 bits per heavy atom. The number of ketones is 1. The lowest BCUT2D eigenvalue weighted by Crippen LogP contribution is -2.33. The lowest BCUT2D eigenvalue weighted by Gasteiger charge is -2.12. The van der Waals surface area contributed by atoms with Crippen molar-refractivity contribution in [2.45, 2.75) is 13.8 Å². The number of rotatable bonds is 8. The van der Waals surface area contributed by atoms with Gasteiger partial charge >= 0.3 is 0 Å². The Kier molecular flexibility index (Phi) is 7.16. The van der Waals surface area contributed by atoms with E-state index in [0.717, 1.165) is 22.2 Å². The molecule has 0 aromatic heterocycles. The summed E-state index contributed by atoms with van der Waals surface area (Å²) in [5.41, 5.74) is 2.14. The number of benzene rings is 2. The molecule has 0 bridgehead atoms. The van der Waals surface area contributed by atoms with Gasteiger partial charge in [-0.25, -0.2) is 0 Å². The molecule has 31 heavy (non-hydrogen) atoms. The molecule has 0 radical (unpaired) electrons. The van der Waals surface area contributed by atoms with Gasteiger partial charge in [-0.15, -0.1) is 6.42 Å². The van der Waals surface area contributed by atoms with E-state index < -0.39 is 11.1 Å². The van der Waals surface area contributed by atoms with Gasteiger partial charge in [-0.05, 0) is 49.4 Å². The topological polar surface area (TPSA) is 72.9 Å². The third kappa shape index (κ3) is 5.36. The van der Waals surface area contributed by atoms with Crippen LogP contribution in [0.1, 0.15) is 28.4 Å². The largest absolute Gasteiger partial charge is 0.490 e. The van der Waals surface area contributed by atoms with Crippen LogP contribution in [0.4, 0.5) is 4.79 Å². The van der Waals surface area contributed by atoms with Gasteiger partial charge in [-0.3, -0.25) is 19.3 Å². The van der Waals surface area contributed by atoms with Gasteiger partial charge in [0.05, 0.1) is 18.1 Å². The van der Waals surface area contributed by atoms with Crippen LogP contribution in [-0.4, -0.2) is 41.6 Å². The molecule has 2 aromatic rings. The first kappa shape index (κ1) is 22.2. The van der Waals surface area contributed by atoms with E-state index >= 15 is 0 Å². The van der Waals surface area contributed by atoms with Crippen LogP contribution in [0.3, 0.4) is 0 Å². The number of hydrogen-bond acceptors (Lipinski definition) is 6. The molecule has 0 N–H and O–H groups in total. The number of terminal acetylenes is 1. The SMILES string of the molecule is C#CCOc1ccc(C=C2SC(=O)N(CC(=O)c3ccc(C)cc3)C2=O)cc1OCC. The van der Waals surface area contributed by atoms with Gasteiger partial charge in [-0.1, -0.05) is 41.8 Å². The molecule has 6 nitrogen and oxygen atoms in total. The molecule has 2 amide bonds. The Bertz CT molecular complexity index is 1080. The van der Waals surface area contributed by atoms with Crippen molar-refractivity contribution in [1.29, 1.82) is 0 Å². The summed E-state index contributed by atoms with van der Waals surface area (Å²) in [6.45, 7) is 3.99. The molecule has 0 saturated carbocycles. The van der Waals surface area contributed by atoms with Crippen molar-refractivity contribution in [1.82, 2.24) is 4.90 Å². The van der Waals surface area contributed by atoms with Crippen molar-refractivity contribution in [3.63, 3.8) is 0 Å². The van der Waals surface area contributed by atoms with Gasteiger partial charge in [-0.2, -0.15) is 0 Å². The molecule has 0 spiro atoms. The van der Waals surface area contributed by atoms with Crippen molar-refractivity contribution >= 4 is 34.8 Å². The number of aryl methyl sites for hydroxylation is 1. The molecule has 3 rings (SSSR count). The molecule has 7 heteroatoms. The summed E-state index contributed by atoms with van der Waals surface area (Å²) in [5.74, 6) is 2.58. The summed E-state index contributed by atoms with van der Waals surface area (Å²) in [6, 6.07) is 12.1. The highest BCUT2D eigenvalue weighted by molar-refractivity contribution is 8.18. The molecule has 1 heterocycles. The maximum absolute atomic E-state index is 12.7. The van der Waals surface area contributed by atoms with Crippen molar-refractivity contribution < 1.29 is 23.9 Å². The van der Waals surface area contributed by atoms with E-state index in [-0.39, 0.29) is 23.8 Å². The van der Waals surface area contributed by atoms with Gasteiger partial charge in [0.1, 0.15) is 6.61 Å². The van der Waals surface area contributed by atoms with Crippen LogP contribution in [0, 0.1) is 19.3 Å². The van der Waals surface area contributed by atoms with E-state index in [4.69, 9.17) is 15.9 Å². The van der Waals surface area contributed by atoms with E-state index in [9.17, 15) is 14.4 Å². The van der Waals surface area contributed by atoms with Gasteiger partial charge in [0.2, 0.25) is 0 Å². The predicted octanol–water partition coefficient (Wildman–Crippen LogP) is 4.32. The van der Waals surface area contributed by atoms with E-state index in [1.165, 1.54) is 0 Å². The third-order valence-electron chi connectivity index (χ3n) is 4.43. The first-order chi connectivity index (χ1) is 14.9. The number of ether oxygens (including phenoxy) is 2. The first-order valence-corrected chi connectivity index (χ1v) is 10.4. The minimum atomic E-state index is -0.499. The Morgan fingerprint density at radius 3 is 2.55 bits per heavy atom. The summed E-state index contributed by atoms with van der Waals surface area (Å²) in [7, 11) is 0. The van der Waals surface area contributed by atoms with Crippen LogP contribution < -0.4 is 9.47 Å². The maximum atomic E-state index is 12.7. The van der Waals surface area contributed by atoms with E-state index in [1.54, 1.807) is 36.4 Å². The normalized spacial score (nSPS) is 14.6. The number of nitrogens with zero attached hydrogens (tertiary/aromatic N) is 1. The van der Waals surface area contributed by atoms with E-state index in [2.05, 4.69) is 5.92 Å². The summed E-state index contributed by atoms with van der Waals surface area (Å²) in [5, 5.41) is -0.476. The quantitative estimate of drug-likeness (QED) is 0.349. The molecule has 0 aliphatic carbocycles. The van der Waals surface area contributed by atoms with Gasteiger partial charge in [0.15, 0.2) is 17.3 Å². The van der Waals surface area contributed by atoms with Crippen LogP contribution in [-0.2, 0) is 4.79 Å². The molecular formula is C24H21NO5S. The van der Waals surface area contributed by atoms with Crippen LogP contribution in [0.15, 0.2) is 47.4 Å². The predicted molar refractivity (Wildman–Crippen MR) is 120 cm³/mol. The Morgan fingerprint density at radius 1 is 1.13 bits per heavy atom. The lowest BCUT2D eigenvalue weighted by molar-refractivity contribution is -0.122. The van der Waals surface area contributed by atoms with Crippen molar-refractivity contribution in [3.8, 4) is 23.8 Å². The molecule has 1 fully saturated rings. The minimum absolute atomic E-state index is 0.104. The van der Waals surface area contributed by atoms with Crippen LogP contribution in [0.25, 0.3) is 6.08 Å². The number of thioether (sulfide) groups is 1. The van der Waals surface area contributed by atoms with Gasteiger partial charge in [0, 0.05) is 5.56 Å². The fourth-order valence-electron chi connectivity index (χ4n) is 2.88. The molecular weight excluding hydrogens is 414 g/mol. The molecule has 1 aliphatic rings. The highest BCUT2D eigenvalue weighted by atomic mass is 32.2. The fraction of sp³-hybridized carbons (Fsp3) is 0.208. The molecule has 158 valence electrons. The summed E-state index contributed by atoms with van der Waals surface area (Å²) >= 11 is 0.801. The summed E-state index contributed by atoms with van der Waals surface area (Å²) in [6.07, 6.45) is 6.82. The standard InChI is InChI=1S/C24H21NO5S/c1-4-12-30-20-11-8-17(13-21(20)29-5-2)14-22-23(27)25(24(28)31-22)15-19(26)18-9-6-16(3)7-10-18/h1,6-11,13-14H,5,12,15H2,2-3H3. The van der Waals surface area contributed by atoms with Crippen LogP contribution >= 0.6 is 11.8 Å². The first-order valence-electron chi connectivity index (χ1n) is 9.61. The van der Waals surface area contributed by atoms with Gasteiger partial charge < -0.3 is 9.47 Å². The number of imide groups is 1. The zero-order chi connectivity index (χ0) is 22.4. The second-order valence-corrected chi connectivity index (χ2v) is 7.68. The Labute approximate surface area is 185 Å². The zero-order valence-electron chi connectivity index (χ0n) is 17.2.